The highest BCUT2D eigenvalue weighted by Crippen LogP contribution is 2.29. The molecule has 0 heterocycles. The Hall–Kier alpha value is -2.29. The average Bonchev–Trinajstić information content (AvgIpc) is 2.50. The highest BCUT2D eigenvalue weighted by molar-refractivity contribution is 7.86. The highest BCUT2D eigenvalue weighted by Gasteiger charge is 2.34. The van der Waals surface area contributed by atoms with Crippen LogP contribution in [0.2, 0.25) is 5.02 Å². The lowest BCUT2D eigenvalue weighted by atomic mass is 10.1. The van der Waals surface area contributed by atoms with Gasteiger partial charge in [0.15, 0.2) is 5.75 Å². The Morgan fingerprint density at radius 2 is 1.72 bits per heavy atom. The van der Waals surface area contributed by atoms with Crippen molar-refractivity contribution >= 4 is 27.7 Å². The summed E-state index contributed by atoms with van der Waals surface area (Å²) in [5.74, 6) is -1.40. The summed E-state index contributed by atoms with van der Waals surface area (Å²) in [5, 5.41) is 9.86. The number of carbonyl (C=O) groups is 1. The Labute approximate surface area is 149 Å². The van der Waals surface area contributed by atoms with Crippen LogP contribution in [0.3, 0.4) is 0 Å². The predicted octanol–water partition coefficient (Wildman–Crippen LogP) is 3.06. The quantitative estimate of drug-likeness (QED) is 0.461. The van der Waals surface area contributed by atoms with Crippen molar-refractivity contribution in [2.75, 3.05) is 0 Å². The summed E-state index contributed by atoms with van der Waals surface area (Å²) in [6, 6.07) is 9.20. The monoisotopic (exact) mass is 386 g/mol. The Kier molecular flexibility index (Phi) is 5.26. The molecule has 2 rings (SSSR count). The van der Waals surface area contributed by atoms with E-state index in [9.17, 15) is 22.9 Å². The summed E-state index contributed by atoms with van der Waals surface area (Å²) < 4.78 is 42.5. The van der Waals surface area contributed by atoms with Crippen molar-refractivity contribution < 1.29 is 32.3 Å². The molecule has 0 fully saturated rings. The fourth-order valence-corrected chi connectivity index (χ4v) is 2.60. The minimum absolute atomic E-state index is 0.354. The lowest BCUT2D eigenvalue weighted by molar-refractivity contribution is -0.149. The van der Waals surface area contributed by atoms with E-state index in [1.165, 1.54) is 13.8 Å². The van der Waals surface area contributed by atoms with Gasteiger partial charge in [-0.1, -0.05) is 11.6 Å². The van der Waals surface area contributed by atoms with Gasteiger partial charge in [-0.2, -0.15) is 8.42 Å². The van der Waals surface area contributed by atoms with E-state index in [4.69, 9.17) is 21.1 Å². The van der Waals surface area contributed by atoms with Crippen LogP contribution in [0.15, 0.2) is 47.4 Å². The van der Waals surface area contributed by atoms with Crippen LogP contribution in [0.4, 0.5) is 0 Å². The van der Waals surface area contributed by atoms with Crippen molar-refractivity contribution in [1.29, 1.82) is 0 Å². The van der Waals surface area contributed by atoms with Gasteiger partial charge in [-0.05, 0) is 50.2 Å². The van der Waals surface area contributed by atoms with Gasteiger partial charge in [-0.15, -0.1) is 0 Å². The van der Waals surface area contributed by atoms with E-state index in [0.29, 0.717) is 10.8 Å². The molecule has 0 spiro atoms. The number of hydrogen-bond acceptors (Lipinski definition) is 6. The molecule has 0 unspecified atom stereocenters. The number of halogens is 1. The second kappa shape index (κ2) is 6.91. The lowest BCUT2D eigenvalue weighted by Crippen LogP contribution is -2.41. The topological polar surface area (TPSA) is 110 Å². The number of phenols is 1. The highest BCUT2D eigenvalue weighted by atomic mass is 35.5. The molecule has 0 aliphatic rings. The molecule has 0 bridgehead atoms. The molecule has 0 aliphatic carbocycles. The van der Waals surface area contributed by atoms with Gasteiger partial charge >= 0.3 is 5.97 Å². The maximum atomic E-state index is 12.4. The van der Waals surface area contributed by atoms with Crippen LogP contribution in [0, 0.1) is 0 Å². The number of benzene rings is 2. The molecule has 25 heavy (non-hydrogen) atoms. The van der Waals surface area contributed by atoms with Crippen LogP contribution in [-0.2, 0) is 14.9 Å². The third-order valence-corrected chi connectivity index (χ3v) is 4.21. The van der Waals surface area contributed by atoms with E-state index in [1.54, 1.807) is 24.3 Å². The average molecular weight is 387 g/mol. The number of aromatic hydroxyl groups is 1. The SMILES string of the molecule is CC(C)(Oc1ccc(Cl)cc1)C(=O)Oc1ccc(O)cc1S(=O)(=O)O. The minimum atomic E-state index is -4.70. The second-order valence-electron chi connectivity index (χ2n) is 5.56. The zero-order valence-corrected chi connectivity index (χ0v) is 14.8. The maximum Gasteiger partial charge on any atom is 0.355 e. The molecule has 0 saturated carbocycles. The molecular formula is C16H15ClO7S. The standard InChI is InChI=1S/C16H15ClO7S/c1-16(2,24-12-6-3-10(17)4-7-12)15(19)23-13-8-5-11(18)9-14(13)25(20,21)22/h3-9,18H,1-2H3,(H,20,21,22). The molecule has 9 heteroatoms. The second-order valence-corrected chi connectivity index (χ2v) is 7.39. The molecule has 2 aromatic carbocycles. The summed E-state index contributed by atoms with van der Waals surface area (Å²) in [4.78, 5) is 11.6. The summed E-state index contributed by atoms with van der Waals surface area (Å²) in [5.41, 5.74) is -1.47. The number of phenolic OH excluding ortho intramolecular Hbond substituents is 1. The molecule has 0 aliphatic heterocycles. The Morgan fingerprint density at radius 1 is 1.12 bits per heavy atom. The van der Waals surface area contributed by atoms with Gasteiger partial charge in [0, 0.05) is 11.1 Å². The number of ether oxygens (including phenoxy) is 2. The third kappa shape index (κ3) is 4.85. The zero-order valence-electron chi connectivity index (χ0n) is 13.3. The Bertz CT molecular complexity index is 889. The van der Waals surface area contributed by atoms with E-state index in [1.807, 2.05) is 0 Å². The fourth-order valence-electron chi connectivity index (χ4n) is 1.84. The number of rotatable bonds is 5. The molecule has 0 atom stereocenters. The fraction of sp³-hybridized carbons (Fsp3) is 0.188. The van der Waals surface area contributed by atoms with Crippen LogP contribution in [-0.4, -0.2) is 29.6 Å². The molecule has 0 saturated heterocycles. The summed E-state index contributed by atoms with van der Waals surface area (Å²) in [6.07, 6.45) is 0. The van der Waals surface area contributed by atoms with Crippen molar-refractivity contribution in [1.82, 2.24) is 0 Å². The zero-order chi connectivity index (χ0) is 18.8. The first-order valence-electron chi connectivity index (χ1n) is 6.96. The van der Waals surface area contributed by atoms with Crippen LogP contribution in [0.5, 0.6) is 17.2 Å². The van der Waals surface area contributed by atoms with Crippen molar-refractivity contribution in [3.8, 4) is 17.2 Å². The van der Waals surface area contributed by atoms with E-state index >= 15 is 0 Å². The lowest BCUT2D eigenvalue weighted by Gasteiger charge is -2.24. The van der Waals surface area contributed by atoms with Crippen LogP contribution in [0.1, 0.15) is 13.8 Å². The Morgan fingerprint density at radius 3 is 2.28 bits per heavy atom. The molecule has 2 N–H and O–H groups in total. The van der Waals surface area contributed by atoms with E-state index in [0.717, 1.165) is 18.2 Å². The molecule has 0 aromatic heterocycles. The number of carbonyl (C=O) groups excluding carboxylic acids is 1. The van der Waals surface area contributed by atoms with Crippen molar-refractivity contribution in [2.45, 2.75) is 24.3 Å². The van der Waals surface area contributed by atoms with E-state index in [2.05, 4.69) is 0 Å². The van der Waals surface area contributed by atoms with Crippen molar-refractivity contribution in [3.05, 3.63) is 47.5 Å². The molecule has 0 radical (unpaired) electrons. The van der Waals surface area contributed by atoms with Crippen molar-refractivity contribution in [2.24, 2.45) is 0 Å². The van der Waals surface area contributed by atoms with Gasteiger partial charge in [-0.25, -0.2) is 4.79 Å². The molecule has 2 aromatic rings. The van der Waals surface area contributed by atoms with Crippen LogP contribution < -0.4 is 9.47 Å². The van der Waals surface area contributed by atoms with Gasteiger partial charge in [0.1, 0.15) is 16.4 Å². The largest absolute Gasteiger partial charge is 0.508 e. The van der Waals surface area contributed by atoms with Gasteiger partial charge in [0.25, 0.3) is 10.1 Å². The summed E-state index contributed by atoms with van der Waals surface area (Å²) in [6.45, 7) is 2.86. The molecule has 134 valence electrons. The van der Waals surface area contributed by atoms with E-state index < -0.39 is 38.1 Å². The first-order chi connectivity index (χ1) is 11.5. The smallest absolute Gasteiger partial charge is 0.355 e. The molecule has 7 nitrogen and oxygen atoms in total. The first-order valence-corrected chi connectivity index (χ1v) is 8.78. The summed E-state index contributed by atoms with van der Waals surface area (Å²) >= 11 is 5.78. The molecule has 0 amide bonds. The van der Waals surface area contributed by atoms with Crippen LogP contribution >= 0.6 is 11.6 Å². The minimum Gasteiger partial charge on any atom is -0.508 e. The van der Waals surface area contributed by atoms with Gasteiger partial charge in [0.2, 0.25) is 5.60 Å². The van der Waals surface area contributed by atoms with Gasteiger partial charge < -0.3 is 14.6 Å². The molecular weight excluding hydrogens is 372 g/mol. The Balaban J connectivity index is 2.25. The predicted molar refractivity (Wildman–Crippen MR) is 89.7 cm³/mol. The van der Waals surface area contributed by atoms with E-state index in [-0.39, 0.29) is 0 Å². The van der Waals surface area contributed by atoms with Crippen molar-refractivity contribution in [3.63, 3.8) is 0 Å². The third-order valence-electron chi connectivity index (χ3n) is 3.09. The van der Waals surface area contributed by atoms with Gasteiger partial charge in [-0.3, -0.25) is 4.55 Å². The normalized spacial score (nSPS) is 11.8. The summed E-state index contributed by atoms with van der Waals surface area (Å²) in [7, 11) is -4.70. The number of esters is 1. The van der Waals surface area contributed by atoms with Gasteiger partial charge in [0.05, 0.1) is 0 Å². The van der Waals surface area contributed by atoms with Crippen LogP contribution in [0.25, 0.3) is 0 Å². The maximum absolute atomic E-state index is 12.4. The first kappa shape index (κ1) is 19.0. The number of hydrogen-bond donors (Lipinski definition) is 2.